The molecule has 0 N–H and O–H groups in total. The fourth-order valence-electron chi connectivity index (χ4n) is 5.23. The van der Waals surface area contributed by atoms with Crippen molar-refractivity contribution >= 4 is 0 Å². The van der Waals surface area contributed by atoms with Crippen molar-refractivity contribution in [1.82, 2.24) is 0 Å². The summed E-state index contributed by atoms with van der Waals surface area (Å²) < 4.78 is 28.1. The first-order valence-corrected chi connectivity index (χ1v) is 10.0. The molecule has 0 spiro atoms. The molecule has 0 nitrogen and oxygen atoms in total. The predicted octanol–water partition coefficient (Wildman–Crippen LogP) is 7.15. The van der Waals surface area contributed by atoms with E-state index < -0.39 is 11.6 Å². The van der Waals surface area contributed by atoms with Crippen LogP contribution in [0, 0.1) is 36.3 Å². The van der Waals surface area contributed by atoms with Gasteiger partial charge in [0, 0.05) is 0 Å². The number of rotatable bonds is 4. The Labute approximate surface area is 146 Å². The largest absolute Gasteiger partial charge is 0.203 e. The predicted molar refractivity (Wildman–Crippen MR) is 96.2 cm³/mol. The minimum atomic E-state index is -0.649. The second kappa shape index (κ2) is 7.97. The first-order chi connectivity index (χ1) is 11.6. The third-order valence-corrected chi connectivity index (χ3v) is 6.77. The number of benzene rings is 1. The first kappa shape index (κ1) is 17.9. The van der Waals surface area contributed by atoms with Crippen LogP contribution in [0.25, 0.3) is 0 Å². The van der Waals surface area contributed by atoms with E-state index >= 15 is 0 Å². The monoisotopic (exact) mass is 334 g/mol. The quantitative estimate of drug-likeness (QED) is 0.548. The Morgan fingerprint density at radius 1 is 0.833 bits per heavy atom. The van der Waals surface area contributed by atoms with Crippen LogP contribution in [-0.4, -0.2) is 0 Å². The number of halogens is 2. The molecule has 2 heteroatoms. The molecule has 0 unspecified atom stereocenters. The summed E-state index contributed by atoms with van der Waals surface area (Å²) >= 11 is 0. The van der Waals surface area contributed by atoms with E-state index in [-0.39, 0.29) is 5.92 Å². The second-order valence-electron chi connectivity index (χ2n) is 8.28. The van der Waals surface area contributed by atoms with E-state index in [1.165, 1.54) is 51.4 Å². The molecule has 134 valence electrons. The fraction of sp³-hybridized carbons (Fsp3) is 0.727. The van der Waals surface area contributed by atoms with Crippen LogP contribution in [0.1, 0.15) is 88.2 Å². The zero-order valence-electron chi connectivity index (χ0n) is 15.3. The summed E-state index contributed by atoms with van der Waals surface area (Å²) in [7, 11) is 0. The maximum absolute atomic E-state index is 14.2. The van der Waals surface area contributed by atoms with Crippen LogP contribution in [0.5, 0.6) is 0 Å². The summed E-state index contributed by atoms with van der Waals surface area (Å²) in [6, 6.07) is 3.55. The zero-order valence-corrected chi connectivity index (χ0v) is 15.3. The van der Waals surface area contributed by atoms with Crippen molar-refractivity contribution in [2.24, 2.45) is 17.8 Å². The Morgan fingerprint density at radius 2 is 1.42 bits per heavy atom. The lowest BCUT2D eigenvalue weighted by atomic mass is 9.68. The van der Waals surface area contributed by atoms with E-state index in [1.54, 1.807) is 13.0 Å². The van der Waals surface area contributed by atoms with Gasteiger partial charge in [0.25, 0.3) is 0 Å². The Kier molecular flexibility index (Phi) is 5.94. The maximum Gasteiger partial charge on any atom is 0.162 e. The van der Waals surface area contributed by atoms with Gasteiger partial charge in [0.2, 0.25) is 0 Å². The van der Waals surface area contributed by atoms with Crippen molar-refractivity contribution < 1.29 is 8.78 Å². The highest BCUT2D eigenvalue weighted by Gasteiger charge is 2.32. The molecule has 0 aliphatic heterocycles. The van der Waals surface area contributed by atoms with Gasteiger partial charge in [-0.25, -0.2) is 8.78 Å². The molecule has 1 aromatic rings. The van der Waals surface area contributed by atoms with Crippen LogP contribution < -0.4 is 0 Å². The fourth-order valence-corrected chi connectivity index (χ4v) is 5.23. The minimum Gasteiger partial charge on any atom is -0.203 e. The van der Waals surface area contributed by atoms with Gasteiger partial charge in [0.1, 0.15) is 0 Å². The molecule has 3 rings (SSSR count). The topological polar surface area (TPSA) is 0 Å². The molecule has 0 atom stereocenters. The van der Waals surface area contributed by atoms with Gasteiger partial charge >= 0.3 is 0 Å². The number of hydrogen-bond acceptors (Lipinski definition) is 0. The number of hydrogen-bond donors (Lipinski definition) is 0. The summed E-state index contributed by atoms with van der Waals surface area (Å²) in [6.45, 7) is 3.92. The van der Waals surface area contributed by atoms with Gasteiger partial charge in [-0.3, -0.25) is 0 Å². The van der Waals surface area contributed by atoms with Gasteiger partial charge in [0.15, 0.2) is 11.6 Å². The van der Waals surface area contributed by atoms with E-state index in [2.05, 4.69) is 6.92 Å². The smallest absolute Gasteiger partial charge is 0.162 e. The average molecular weight is 334 g/mol. The molecule has 2 saturated carbocycles. The van der Waals surface area contributed by atoms with Crippen LogP contribution in [0.3, 0.4) is 0 Å². The molecular weight excluding hydrogens is 302 g/mol. The summed E-state index contributed by atoms with van der Waals surface area (Å²) in [5, 5.41) is 0. The van der Waals surface area contributed by atoms with Crippen LogP contribution in [-0.2, 0) is 0 Å². The summed E-state index contributed by atoms with van der Waals surface area (Å²) in [4.78, 5) is 0. The highest BCUT2D eigenvalue weighted by atomic mass is 19.2. The minimum absolute atomic E-state index is 0.216. The average Bonchev–Trinajstić information content (AvgIpc) is 2.61. The van der Waals surface area contributed by atoms with E-state index in [9.17, 15) is 8.78 Å². The van der Waals surface area contributed by atoms with Gasteiger partial charge in [0.05, 0.1) is 0 Å². The highest BCUT2D eigenvalue weighted by Crippen LogP contribution is 2.45. The lowest BCUT2D eigenvalue weighted by Crippen LogP contribution is -2.25. The molecule has 2 aliphatic carbocycles. The molecule has 1 aromatic carbocycles. The van der Waals surface area contributed by atoms with Crippen molar-refractivity contribution in [2.45, 2.75) is 84.0 Å². The van der Waals surface area contributed by atoms with Crippen LogP contribution >= 0.6 is 0 Å². The molecule has 2 aliphatic rings. The molecular formula is C22H32F2. The summed E-state index contributed by atoms with van der Waals surface area (Å²) in [6.07, 6.45) is 12.8. The lowest BCUT2D eigenvalue weighted by Gasteiger charge is -2.38. The summed E-state index contributed by atoms with van der Waals surface area (Å²) in [5.74, 6) is 1.64. The third-order valence-electron chi connectivity index (χ3n) is 6.77. The maximum atomic E-state index is 14.2. The Morgan fingerprint density at radius 3 is 2.00 bits per heavy atom. The molecule has 0 radical (unpaired) electrons. The van der Waals surface area contributed by atoms with Crippen molar-refractivity contribution in [1.29, 1.82) is 0 Å². The van der Waals surface area contributed by atoms with Crippen molar-refractivity contribution in [3.8, 4) is 0 Å². The lowest BCUT2D eigenvalue weighted by molar-refractivity contribution is 0.156. The third kappa shape index (κ3) is 3.83. The standard InChI is InChI=1S/C22H32F2/c1-3-4-16-6-8-17(9-7-16)18-10-12-19(13-11-18)20-14-5-15(2)21(23)22(20)24/h5,14,16-19H,3-4,6-13H2,1-2H3. The van der Waals surface area contributed by atoms with Gasteiger partial charge in [-0.2, -0.15) is 0 Å². The zero-order chi connectivity index (χ0) is 17.1. The SMILES string of the molecule is CCCC1CCC(C2CCC(c3ccc(C)c(F)c3F)CC2)CC1. The molecule has 0 bridgehead atoms. The van der Waals surface area contributed by atoms with Crippen LogP contribution in [0.15, 0.2) is 12.1 Å². The van der Waals surface area contributed by atoms with Crippen LogP contribution in [0.2, 0.25) is 0 Å². The Balaban J connectivity index is 1.54. The van der Waals surface area contributed by atoms with Crippen molar-refractivity contribution in [3.63, 3.8) is 0 Å². The highest BCUT2D eigenvalue weighted by molar-refractivity contribution is 5.28. The van der Waals surface area contributed by atoms with E-state index in [1.807, 2.05) is 6.07 Å². The Bertz CT molecular complexity index is 535. The second-order valence-corrected chi connectivity index (χ2v) is 8.28. The van der Waals surface area contributed by atoms with Gasteiger partial charge in [-0.15, -0.1) is 0 Å². The van der Waals surface area contributed by atoms with E-state index in [0.29, 0.717) is 11.1 Å². The molecule has 24 heavy (non-hydrogen) atoms. The molecule has 0 aromatic heterocycles. The van der Waals surface area contributed by atoms with Gasteiger partial charge in [-0.1, -0.05) is 44.7 Å². The molecule has 2 fully saturated rings. The molecule has 0 heterocycles. The number of aryl methyl sites for hydroxylation is 1. The van der Waals surface area contributed by atoms with Gasteiger partial charge in [-0.05, 0) is 80.2 Å². The first-order valence-electron chi connectivity index (χ1n) is 10.0. The normalized spacial score (nSPS) is 31.2. The van der Waals surface area contributed by atoms with Crippen molar-refractivity contribution in [2.75, 3.05) is 0 Å². The van der Waals surface area contributed by atoms with Crippen LogP contribution in [0.4, 0.5) is 8.78 Å². The van der Waals surface area contributed by atoms with Gasteiger partial charge < -0.3 is 0 Å². The van der Waals surface area contributed by atoms with E-state index in [4.69, 9.17) is 0 Å². The Hall–Kier alpha value is -0.920. The van der Waals surface area contributed by atoms with Crippen molar-refractivity contribution in [3.05, 3.63) is 34.9 Å². The molecule has 0 amide bonds. The molecule has 0 saturated heterocycles. The summed E-state index contributed by atoms with van der Waals surface area (Å²) in [5.41, 5.74) is 1.02. The van der Waals surface area contributed by atoms with E-state index in [0.717, 1.165) is 30.6 Å².